The number of carbonyl (C=O) groups excluding carboxylic acids is 1. The number of ether oxygens (including phenoxy) is 12. The third-order valence-corrected chi connectivity index (χ3v) is 23.5. The molecule has 6 fully saturated rings. The molecule has 0 saturated carbocycles. The zero-order chi connectivity index (χ0) is 79.9. The van der Waals surface area contributed by atoms with E-state index in [1.165, 1.54) is 58.9 Å². The van der Waals surface area contributed by atoms with Gasteiger partial charge in [0, 0.05) is 80.6 Å². The topological polar surface area (TPSA) is 492 Å². The highest BCUT2D eigenvalue weighted by atomic mass is 16.8. The number of aliphatic hydroxyl groups excluding tert-OH is 17. The van der Waals surface area contributed by atoms with Crippen LogP contribution in [0.5, 0.6) is 0 Å². The van der Waals surface area contributed by atoms with Gasteiger partial charge in [-0.25, -0.2) is 4.79 Å². The first-order valence-corrected chi connectivity index (χ1v) is 39.2. The van der Waals surface area contributed by atoms with Gasteiger partial charge in [-0.3, -0.25) is 0 Å². The van der Waals surface area contributed by atoms with E-state index in [0.29, 0.717) is 32.1 Å². The number of cyclic esters (lactones) is 1. The molecule has 7 aliphatic heterocycles. The number of fused-ring (bicyclic) bond motifs is 2. The minimum absolute atomic E-state index is 0.00606. The van der Waals surface area contributed by atoms with Gasteiger partial charge in [-0.05, 0) is 91.9 Å². The molecular formula is C77H132O31. The van der Waals surface area contributed by atoms with E-state index in [1.807, 2.05) is 27.7 Å². The van der Waals surface area contributed by atoms with Crippen LogP contribution in [0.4, 0.5) is 0 Å². The van der Waals surface area contributed by atoms with Crippen LogP contribution in [0, 0.1) is 35.5 Å². The van der Waals surface area contributed by atoms with Gasteiger partial charge in [-0.2, -0.15) is 0 Å². The van der Waals surface area contributed by atoms with Crippen molar-refractivity contribution in [3.63, 3.8) is 0 Å². The Balaban J connectivity index is 1.09. The van der Waals surface area contributed by atoms with Crippen LogP contribution in [0.15, 0.2) is 48.6 Å². The maximum atomic E-state index is 13.6. The molecular weight excluding hydrogens is 1420 g/mol. The van der Waals surface area contributed by atoms with Crippen molar-refractivity contribution in [3.05, 3.63) is 48.6 Å². The van der Waals surface area contributed by atoms with Crippen molar-refractivity contribution in [1.82, 2.24) is 0 Å². The smallest absolute Gasteiger partial charge is 0.331 e. The molecule has 6 saturated heterocycles. The lowest BCUT2D eigenvalue weighted by Gasteiger charge is -2.50. The van der Waals surface area contributed by atoms with Crippen molar-refractivity contribution in [2.45, 2.75) is 394 Å². The van der Waals surface area contributed by atoms with Gasteiger partial charge >= 0.3 is 5.97 Å². The molecule has 31 heteroatoms. The summed E-state index contributed by atoms with van der Waals surface area (Å²) in [4.78, 5) is 13.6. The summed E-state index contributed by atoms with van der Waals surface area (Å²) >= 11 is 0. The van der Waals surface area contributed by atoms with Gasteiger partial charge in [0.05, 0.1) is 122 Å². The first kappa shape index (κ1) is 92.4. The highest BCUT2D eigenvalue weighted by molar-refractivity contribution is 5.82. The first-order chi connectivity index (χ1) is 50.8. The summed E-state index contributed by atoms with van der Waals surface area (Å²) < 4.78 is 74.7. The number of allylic oxidation sites excluding steroid dienone is 4. The van der Waals surface area contributed by atoms with E-state index in [4.69, 9.17) is 56.8 Å². The zero-order valence-electron chi connectivity index (χ0n) is 64.7. The predicted molar refractivity (Wildman–Crippen MR) is 384 cm³/mol. The van der Waals surface area contributed by atoms with Crippen LogP contribution in [-0.4, -0.2) is 312 Å². The molecule has 41 atom stereocenters. The van der Waals surface area contributed by atoms with Crippen molar-refractivity contribution in [2.24, 2.45) is 35.5 Å². The Hall–Kier alpha value is -2.73. The molecule has 0 aromatic rings. The number of esters is 1. The Morgan fingerprint density at radius 2 is 1.11 bits per heavy atom. The van der Waals surface area contributed by atoms with Crippen LogP contribution in [-0.2, 0) is 61.6 Å². The summed E-state index contributed by atoms with van der Waals surface area (Å²) in [5, 5.41) is 205. The summed E-state index contributed by atoms with van der Waals surface area (Å²) in [6.07, 6.45) is -28.8. The van der Waals surface area contributed by atoms with Gasteiger partial charge < -0.3 is 149 Å². The molecule has 0 radical (unpaired) electrons. The number of carbonyl (C=O) groups is 1. The van der Waals surface area contributed by atoms with Crippen LogP contribution < -0.4 is 0 Å². The molecule has 0 spiro atoms. The van der Waals surface area contributed by atoms with Crippen molar-refractivity contribution in [3.8, 4) is 0 Å². The molecule has 7 rings (SSSR count). The van der Waals surface area contributed by atoms with E-state index in [-0.39, 0.29) is 76.1 Å². The fraction of sp³-hybridized carbons (Fsp3) is 0.883. The Morgan fingerprint density at radius 3 is 1.79 bits per heavy atom. The molecule has 7 aliphatic rings. The Bertz CT molecular complexity index is 2740. The normalized spacial score (nSPS) is 46.4. The molecule has 0 aromatic carbocycles. The van der Waals surface area contributed by atoms with Crippen LogP contribution in [0.3, 0.4) is 0 Å². The average Bonchev–Trinajstić information content (AvgIpc) is 0.772. The summed E-state index contributed by atoms with van der Waals surface area (Å²) in [6.45, 7) is 20.0. The van der Waals surface area contributed by atoms with Crippen LogP contribution >= 0.6 is 0 Å². The third-order valence-electron chi connectivity index (χ3n) is 23.5. The quantitative estimate of drug-likeness (QED) is 0.0891. The molecule has 0 amide bonds. The number of rotatable bonds is 17. The van der Waals surface area contributed by atoms with Crippen LogP contribution in [0.1, 0.15) is 179 Å². The van der Waals surface area contributed by atoms with E-state index in [9.17, 15) is 96.7 Å². The summed E-state index contributed by atoms with van der Waals surface area (Å²) in [5.41, 5.74) is 0. The molecule has 31 nitrogen and oxygen atoms in total. The third kappa shape index (κ3) is 25.4. The zero-order valence-corrected chi connectivity index (χ0v) is 64.7. The van der Waals surface area contributed by atoms with Gasteiger partial charge in [0.15, 0.2) is 37.2 Å². The molecule has 7 heterocycles. The predicted octanol–water partition coefficient (Wildman–Crippen LogP) is 0.697. The number of hydrogen-bond acceptors (Lipinski definition) is 31. The molecule has 0 aromatic heterocycles. The second kappa shape index (κ2) is 42.8. The summed E-state index contributed by atoms with van der Waals surface area (Å²) in [6, 6.07) is 0. The summed E-state index contributed by atoms with van der Waals surface area (Å²) in [5.74, 6) is -8.32. The van der Waals surface area contributed by atoms with Gasteiger partial charge in [-0.15, -0.1) is 0 Å². The largest absolute Gasteiger partial charge is 0.458 e. The highest BCUT2D eigenvalue weighted by Crippen LogP contribution is 2.42. The van der Waals surface area contributed by atoms with Gasteiger partial charge in [0.25, 0.3) is 0 Å². The van der Waals surface area contributed by atoms with E-state index >= 15 is 0 Å². The summed E-state index contributed by atoms with van der Waals surface area (Å²) in [7, 11) is 0. The van der Waals surface area contributed by atoms with E-state index in [2.05, 4.69) is 0 Å². The lowest BCUT2D eigenvalue weighted by molar-refractivity contribution is -0.390. The Morgan fingerprint density at radius 1 is 0.491 bits per heavy atom. The number of aliphatic hydroxyl groups is 18. The highest BCUT2D eigenvalue weighted by Gasteiger charge is 2.56. The first-order valence-electron chi connectivity index (χ1n) is 39.2. The molecule has 21 unspecified atom stereocenters. The standard InChI is InChI=1S/C77H132O31/c1-13-56(103-63-29-27-58(43(9)98-63)104-62-28-26-50(81)42(8)97-62)39(5)65(88)41(7)66(89)40(6)57-22-18-14-16-21-48(79)31-51(82)37(3)52(83)32-53(84)38(4)59-33-55(86)74(95)77(96,108-59)35-60(36(2)24-25-49(80)30-47(78)20-17-15-19-23-61(87)102-57)105-76-73(107-75-71(94)70(93)68(91)45(11)100-75)72(69(92)46(12)101-76)106-64-34-54(85)67(90)44(10)99-64/h14-19,21,23,36-60,62-76,78-86,88-96H,13,20,22,24-35H2,1-12H3/t36?,37?,38?,39?,40?,41?,42-,43-,44-,45-,46-,47?,48?,49?,50+,51?,52?,53?,54-,55?,56?,57?,58+,59?,60?,62+,63+,64+,65?,66?,67-,68-,69-,70+,71-,72+,73-,74?,75+,76+,77?/m1/s1. The molecule has 0 aliphatic carbocycles. The molecule has 626 valence electrons. The number of hydrogen-bond donors (Lipinski definition) is 18. The maximum absolute atomic E-state index is 13.6. The van der Waals surface area contributed by atoms with Crippen molar-refractivity contribution < 1.29 is 154 Å². The monoisotopic (exact) mass is 1550 g/mol. The SMILES string of the molecule is CCC(O[C@H]1CC[C@H](O[C@H]2CC[C@H](O)[C@@H](C)O2)[C@@H](C)O1)C(C)C(O)C(C)C(O)C(C)C1CC=CC=CC(O)CC(O)C(C)C(O)CC(O)C(C)C2CC(O)C(O)C(O)(CC(O[C@@H]3O[C@H](C)[C@@H](O)[C@H](O[C@H]4C[C@@H](O)[C@H](O)[C@@H](C)O4)[C@H]3O[C@@H]3O[C@H](C)[C@@H](O)[C@H](O)[C@H]3O)C(C)CCC(O)CC(O)CC=CC=CC(=O)O1)O2. The van der Waals surface area contributed by atoms with E-state index in [1.54, 1.807) is 39.0 Å². The van der Waals surface area contributed by atoms with E-state index < -0.39 is 244 Å². The molecule has 108 heavy (non-hydrogen) atoms. The lowest BCUT2D eigenvalue weighted by Crippen LogP contribution is -2.65. The minimum atomic E-state index is -2.72. The van der Waals surface area contributed by atoms with Crippen molar-refractivity contribution in [2.75, 3.05) is 0 Å². The molecule has 18 N–H and O–H groups in total. The molecule has 2 bridgehead atoms. The van der Waals surface area contributed by atoms with Gasteiger partial charge in [-0.1, -0.05) is 91.0 Å². The fourth-order valence-electron chi connectivity index (χ4n) is 15.6. The van der Waals surface area contributed by atoms with Gasteiger partial charge in [0.2, 0.25) is 0 Å². The Kier molecular flexibility index (Phi) is 36.6. The van der Waals surface area contributed by atoms with Gasteiger partial charge in [0.1, 0.15) is 54.9 Å². The van der Waals surface area contributed by atoms with Crippen LogP contribution in [0.25, 0.3) is 0 Å². The Labute approximate surface area is 634 Å². The van der Waals surface area contributed by atoms with Crippen molar-refractivity contribution >= 4 is 5.97 Å². The van der Waals surface area contributed by atoms with E-state index in [0.717, 1.165) is 6.08 Å². The minimum Gasteiger partial charge on any atom is -0.458 e. The second-order valence-electron chi connectivity index (χ2n) is 32.0. The average molecular weight is 1550 g/mol. The van der Waals surface area contributed by atoms with Crippen molar-refractivity contribution in [1.29, 1.82) is 0 Å². The van der Waals surface area contributed by atoms with Crippen LogP contribution in [0.2, 0.25) is 0 Å². The maximum Gasteiger partial charge on any atom is 0.331 e. The fourth-order valence-corrected chi connectivity index (χ4v) is 15.6. The lowest BCUT2D eigenvalue weighted by atomic mass is 9.79. The second-order valence-corrected chi connectivity index (χ2v) is 32.0.